The van der Waals surface area contributed by atoms with E-state index in [-0.39, 0.29) is 0 Å². The maximum absolute atomic E-state index is 4.91. The number of thioether (sulfide) groups is 1. The third kappa shape index (κ3) is 2.79. The summed E-state index contributed by atoms with van der Waals surface area (Å²) < 4.78 is 0. The molecule has 3 nitrogen and oxygen atoms in total. The Balaban J connectivity index is 1.57. The topological polar surface area (TPSA) is 27.6 Å². The van der Waals surface area contributed by atoms with E-state index < -0.39 is 0 Å². The highest BCUT2D eigenvalue weighted by Gasteiger charge is 2.31. The lowest BCUT2D eigenvalue weighted by molar-refractivity contribution is 0.241. The Labute approximate surface area is 108 Å². The minimum Gasteiger partial charge on any atom is -0.361 e. The zero-order valence-electron chi connectivity index (χ0n) is 10.7. The molecule has 96 valence electrons. The van der Waals surface area contributed by atoms with Gasteiger partial charge in [0.25, 0.3) is 0 Å². The summed E-state index contributed by atoms with van der Waals surface area (Å²) in [5.41, 5.74) is 0. The van der Waals surface area contributed by atoms with Gasteiger partial charge in [-0.15, -0.1) is 0 Å². The Morgan fingerprint density at radius 2 is 2.24 bits per heavy atom. The Kier molecular flexibility index (Phi) is 3.61. The molecule has 2 fully saturated rings. The summed E-state index contributed by atoms with van der Waals surface area (Å²) in [5, 5.41) is 4.90. The molecule has 1 saturated heterocycles. The molecule has 0 radical (unpaired) electrons. The van der Waals surface area contributed by atoms with E-state index >= 15 is 0 Å². The maximum Gasteiger partial charge on any atom is 0.157 e. The van der Waals surface area contributed by atoms with Gasteiger partial charge in [0.2, 0.25) is 0 Å². The third-order valence-electron chi connectivity index (χ3n) is 4.29. The molecule has 1 aliphatic carbocycles. The summed E-state index contributed by atoms with van der Waals surface area (Å²) >= 11 is 1.95. The molecule has 4 heteroatoms. The van der Waals surface area contributed by atoms with Crippen LogP contribution in [0.25, 0.3) is 0 Å². The van der Waals surface area contributed by atoms with Crippen molar-refractivity contribution in [1.29, 1.82) is 0 Å². The van der Waals surface area contributed by atoms with Crippen LogP contribution in [0.4, 0.5) is 0 Å². The molecule has 0 bridgehead atoms. The molecule has 0 amide bonds. The van der Waals surface area contributed by atoms with Crippen molar-refractivity contribution in [2.75, 3.05) is 25.9 Å². The van der Waals surface area contributed by atoms with Gasteiger partial charge in [0.05, 0.1) is 6.04 Å². The van der Waals surface area contributed by atoms with E-state index in [9.17, 15) is 0 Å². The van der Waals surface area contributed by atoms with Crippen molar-refractivity contribution in [3.63, 3.8) is 0 Å². The number of rotatable bonds is 1. The predicted octanol–water partition coefficient (Wildman–Crippen LogP) is 1.94. The van der Waals surface area contributed by atoms with Gasteiger partial charge in [-0.05, 0) is 45.2 Å². The predicted molar refractivity (Wildman–Crippen MR) is 74.7 cm³/mol. The molecule has 0 aromatic carbocycles. The highest BCUT2D eigenvalue weighted by molar-refractivity contribution is 8.13. The van der Waals surface area contributed by atoms with Crippen LogP contribution in [-0.4, -0.2) is 48.0 Å². The standard InChI is InChI=1S/C13H23N3S/c1-16-7-3-5-11(8-16)14-13-15-12-6-2-4-10(12)9-17-13/h10-12H,2-9H2,1H3,(H,14,15). The fraction of sp³-hybridized carbons (Fsp3) is 0.923. The van der Waals surface area contributed by atoms with Crippen molar-refractivity contribution in [2.45, 2.75) is 44.2 Å². The Hall–Kier alpha value is -0.220. The molecule has 0 aromatic rings. The quantitative estimate of drug-likeness (QED) is 0.774. The van der Waals surface area contributed by atoms with Crippen LogP contribution in [0.5, 0.6) is 0 Å². The molecule has 2 heterocycles. The SMILES string of the molecule is CN1CCCC(NC2=NC3CCCC3CS2)C1. The van der Waals surface area contributed by atoms with Gasteiger partial charge >= 0.3 is 0 Å². The first-order valence-corrected chi connectivity index (χ1v) is 7.95. The molecule has 17 heavy (non-hydrogen) atoms. The summed E-state index contributed by atoms with van der Waals surface area (Å²) in [5.74, 6) is 2.17. The van der Waals surface area contributed by atoms with Crippen LogP contribution in [0, 0.1) is 5.92 Å². The van der Waals surface area contributed by atoms with Gasteiger partial charge < -0.3 is 10.2 Å². The number of hydrogen-bond donors (Lipinski definition) is 1. The number of piperidine rings is 1. The minimum absolute atomic E-state index is 0.623. The van der Waals surface area contributed by atoms with Crippen molar-refractivity contribution in [2.24, 2.45) is 10.9 Å². The molecule has 3 unspecified atom stereocenters. The number of likely N-dealkylation sites (tertiary alicyclic amines) is 1. The molecule has 1 saturated carbocycles. The fourth-order valence-corrected chi connectivity index (χ4v) is 4.51. The van der Waals surface area contributed by atoms with Crippen LogP contribution in [-0.2, 0) is 0 Å². The van der Waals surface area contributed by atoms with Crippen molar-refractivity contribution in [3.8, 4) is 0 Å². The highest BCUT2D eigenvalue weighted by Crippen LogP contribution is 2.35. The number of amidine groups is 1. The second-order valence-corrected chi connectivity index (χ2v) is 6.76. The first-order chi connectivity index (χ1) is 8.31. The average molecular weight is 253 g/mol. The van der Waals surface area contributed by atoms with Gasteiger partial charge in [-0.25, -0.2) is 0 Å². The summed E-state index contributed by atoms with van der Waals surface area (Å²) in [4.78, 5) is 7.34. The van der Waals surface area contributed by atoms with E-state index in [2.05, 4.69) is 17.3 Å². The van der Waals surface area contributed by atoms with Crippen LogP contribution in [0.1, 0.15) is 32.1 Å². The van der Waals surface area contributed by atoms with E-state index in [4.69, 9.17) is 4.99 Å². The first kappa shape index (κ1) is 11.8. The normalized spacial score (nSPS) is 38.6. The van der Waals surface area contributed by atoms with E-state index in [1.54, 1.807) is 0 Å². The van der Waals surface area contributed by atoms with Crippen molar-refractivity contribution < 1.29 is 0 Å². The molecule has 2 aliphatic heterocycles. The van der Waals surface area contributed by atoms with E-state index in [0.29, 0.717) is 12.1 Å². The smallest absolute Gasteiger partial charge is 0.157 e. The van der Waals surface area contributed by atoms with Crippen molar-refractivity contribution >= 4 is 16.9 Å². The molecular formula is C13H23N3S. The molecule has 1 N–H and O–H groups in total. The molecule has 3 aliphatic rings. The number of aliphatic imine (C=N–C) groups is 1. The summed E-state index contributed by atoms with van der Waals surface area (Å²) in [6.45, 7) is 2.43. The summed E-state index contributed by atoms with van der Waals surface area (Å²) in [6, 6.07) is 1.26. The van der Waals surface area contributed by atoms with Gasteiger partial charge in [-0.1, -0.05) is 18.2 Å². The van der Waals surface area contributed by atoms with Gasteiger partial charge in [-0.3, -0.25) is 4.99 Å². The summed E-state index contributed by atoms with van der Waals surface area (Å²) in [6.07, 6.45) is 6.73. The maximum atomic E-state index is 4.91. The fourth-order valence-electron chi connectivity index (χ4n) is 3.29. The number of hydrogen-bond acceptors (Lipinski definition) is 4. The second kappa shape index (κ2) is 5.19. The van der Waals surface area contributed by atoms with Gasteiger partial charge in [-0.2, -0.15) is 0 Å². The lowest BCUT2D eigenvalue weighted by atomic mass is 10.1. The number of likely N-dealkylation sites (N-methyl/N-ethyl adjacent to an activating group) is 1. The molecule has 0 spiro atoms. The van der Waals surface area contributed by atoms with E-state index in [0.717, 1.165) is 5.92 Å². The second-order valence-electron chi connectivity index (χ2n) is 5.75. The Bertz CT molecular complexity index is 305. The lowest BCUT2D eigenvalue weighted by Gasteiger charge is -2.32. The van der Waals surface area contributed by atoms with Crippen LogP contribution >= 0.6 is 11.8 Å². The molecule has 3 rings (SSSR count). The van der Waals surface area contributed by atoms with Gasteiger partial charge in [0.15, 0.2) is 5.17 Å². The third-order valence-corrected chi connectivity index (χ3v) is 5.38. The van der Waals surface area contributed by atoms with Crippen LogP contribution in [0.2, 0.25) is 0 Å². The van der Waals surface area contributed by atoms with Crippen LogP contribution in [0.3, 0.4) is 0 Å². The monoisotopic (exact) mass is 253 g/mol. The van der Waals surface area contributed by atoms with E-state index in [1.807, 2.05) is 11.8 Å². The highest BCUT2D eigenvalue weighted by atomic mass is 32.2. The average Bonchev–Trinajstić information content (AvgIpc) is 2.76. The molecule has 3 atom stereocenters. The Morgan fingerprint density at radius 3 is 3.12 bits per heavy atom. The number of fused-ring (bicyclic) bond motifs is 1. The zero-order chi connectivity index (χ0) is 11.7. The van der Waals surface area contributed by atoms with Gasteiger partial charge in [0, 0.05) is 18.3 Å². The first-order valence-electron chi connectivity index (χ1n) is 6.97. The van der Waals surface area contributed by atoms with Crippen LogP contribution in [0.15, 0.2) is 4.99 Å². The van der Waals surface area contributed by atoms with Crippen molar-refractivity contribution in [1.82, 2.24) is 10.2 Å². The molecule has 0 aromatic heterocycles. The van der Waals surface area contributed by atoms with Gasteiger partial charge in [0.1, 0.15) is 0 Å². The lowest BCUT2D eigenvalue weighted by Crippen LogP contribution is -2.46. The minimum atomic E-state index is 0.623. The summed E-state index contributed by atoms with van der Waals surface area (Å²) in [7, 11) is 2.22. The number of nitrogens with one attached hydrogen (secondary N) is 1. The van der Waals surface area contributed by atoms with Crippen molar-refractivity contribution in [3.05, 3.63) is 0 Å². The molecular weight excluding hydrogens is 230 g/mol. The largest absolute Gasteiger partial charge is 0.361 e. The zero-order valence-corrected chi connectivity index (χ0v) is 11.5. The van der Waals surface area contributed by atoms with E-state index in [1.165, 1.54) is 56.1 Å². The van der Waals surface area contributed by atoms with Crippen LogP contribution < -0.4 is 5.32 Å². The number of nitrogens with zero attached hydrogens (tertiary/aromatic N) is 2. The Morgan fingerprint density at radius 1 is 1.29 bits per heavy atom.